The van der Waals surface area contributed by atoms with Gasteiger partial charge in [-0.05, 0) is 54.8 Å². The highest BCUT2D eigenvalue weighted by Crippen LogP contribution is 2.10. The minimum Gasteiger partial charge on any atom is -0.343 e. The highest BCUT2D eigenvalue weighted by molar-refractivity contribution is 9.10. The summed E-state index contributed by atoms with van der Waals surface area (Å²) in [4.78, 5) is 23.7. The van der Waals surface area contributed by atoms with Gasteiger partial charge in [0, 0.05) is 10.0 Å². The van der Waals surface area contributed by atoms with E-state index >= 15 is 0 Å². The fraction of sp³-hybridized carbons (Fsp3) is 0.167. The molecule has 0 aliphatic carbocycles. The lowest BCUT2D eigenvalue weighted by Crippen LogP contribution is -2.34. The second-order valence-electron chi connectivity index (χ2n) is 5.33. The number of nitrogens with one attached hydrogen (secondary N) is 2. The van der Waals surface area contributed by atoms with E-state index in [0.717, 1.165) is 21.2 Å². The minimum absolute atomic E-state index is 0.135. The number of aryl methyl sites for hydroxylation is 2. The van der Waals surface area contributed by atoms with Gasteiger partial charge in [0.1, 0.15) is 0 Å². The Balaban J connectivity index is 1.81. The average Bonchev–Trinajstić information content (AvgIpc) is 2.57. The number of carbonyl (C=O) groups is 2. The standard InChI is InChI=1S/C18H18BrN3O2/c1-12-3-6-15(9-13(12)2)18(24)20-11-17(23)22-21-10-14-4-7-16(19)8-5-14/h3-10H,11H2,1-2H3,(H,20,24)(H,22,23)/b21-10-. The van der Waals surface area contributed by atoms with E-state index in [-0.39, 0.29) is 18.4 Å². The van der Waals surface area contributed by atoms with Crippen LogP contribution in [0.2, 0.25) is 0 Å². The average molecular weight is 388 g/mol. The maximum absolute atomic E-state index is 12.0. The molecule has 0 radical (unpaired) electrons. The molecule has 2 aromatic rings. The van der Waals surface area contributed by atoms with Crippen LogP contribution in [0.25, 0.3) is 0 Å². The Hall–Kier alpha value is -2.47. The first-order valence-electron chi connectivity index (χ1n) is 7.38. The summed E-state index contributed by atoms with van der Waals surface area (Å²) in [5.74, 6) is -0.675. The zero-order valence-electron chi connectivity index (χ0n) is 13.5. The van der Waals surface area contributed by atoms with Crippen LogP contribution in [0.3, 0.4) is 0 Å². The van der Waals surface area contributed by atoms with E-state index in [0.29, 0.717) is 5.56 Å². The maximum atomic E-state index is 12.0. The summed E-state index contributed by atoms with van der Waals surface area (Å²) >= 11 is 3.34. The Morgan fingerprint density at radius 2 is 1.79 bits per heavy atom. The van der Waals surface area contributed by atoms with Crippen molar-refractivity contribution >= 4 is 34.0 Å². The molecule has 0 aliphatic rings. The number of rotatable bonds is 5. The van der Waals surface area contributed by atoms with E-state index < -0.39 is 0 Å². The van der Waals surface area contributed by atoms with E-state index in [1.54, 1.807) is 12.1 Å². The maximum Gasteiger partial charge on any atom is 0.259 e. The molecule has 0 saturated carbocycles. The lowest BCUT2D eigenvalue weighted by molar-refractivity contribution is -0.120. The van der Waals surface area contributed by atoms with E-state index in [1.165, 1.54) is 6.21 Å². The van der Waals surface area contributed by atoms with E-state index in [9.17, 15) is 9.59 Å². The number of nitrogens with zero attached hydrogens (tertiary/aromatic N) is 1. The van der Waals surface area contributed by atoms with Gasteiger partial charge in [0.05, 0.1) is 12.8 Å². The Bertz CT molecular complexity index is 770. The van der Waals surface area contributed by atoms with Gasteiger partial charge in [0.15, 0.2) is 0 Å². The highest BCUT2D eigenvalue weighted by atomic mass is 79.9. The fourth-order valence-electron chi connectivity index (χ4n) is 1.91. The number of halogens is 1. The molecule has 0 fully saturated rings. The molecule has 2 rings (SSSR count). The zero-order chi connectivity index (χ0) is 17.5. The molecule has 24 heavy (non-hydrogen) atoms. The van der Waals surface area contributed by atoms with Crippen LogP contribution in [0.15, 0.2) is 52.0 Å². The number of benzene rings is 2. The minimum atomic E-state index is -0.388. The van der Waals surface area contributed by atoms with Crippen molar-refractivity contribution in [2.75, 3.05) is 6.54 Å². The molecule has 0 saturated heterocycles. The van der Waals surface area contributed by atoms with Crippen molar-refractivity contribution in [3.05, 3.63) is 69.2 Å². The molecule has 0 heterocycles. The summed E-state index contributed by atoms with van der Waals surface area (Å²) < 4.78 is 0.970. The van der Waals surface area contributed by atoms with Crippen LogP contribution in [0.4, 0.5) is 0 Å². The number of carbonyl (C=O) groups excluding carboxylic acids is 2. The molecule has 0 aliphatic heterocycles. The van der Waals surface area contributed by atoms with Gasteiger partial charge in [-0.25, -0.2) is 5.43 Å². The molecular formula is C18H18BrN3O2. The van der Waals surface area contributed by atoms with Crippen LogP contribution in [-0.2, 0) is 4.79 Å². The Kier molecular flexibility index (Phi) is 6.26. The third-order valence-electron chi connectivity index (χ3n) is 3.45. The normalized spacial score (nSPS) is 10.6. The molecule has 124 valence electrons. The molecule has 0 atom stereocenters. The third-order valence-corrected chi connectivity index (χ3v) is 3.98. The Labute approximate surface area is 149 Å². The SMILES string of the molecule is Cc1ccc(C(=O)NCC(=O)N/N=C\c2ccc(Br)cc2)cc1C. The summed E-state index contributed by atoms with van der Waals surface area (Å²) in [5.41, 5.74) is 5.92. The Morgan fingerprint density at radius 1 is 1.08 bits per heavy atom. The number of amides is 2. The highest BCUT2D eigenvalue weighted by Gasteiger charge is 2.08. The molecule has 5 nitrogen and oxygen atoms in total. The zero-order valence-corrected chi connectivity index (χ0v) is 15.1. The largest absolute Gasteiger partial charge is 0.343 e. The van der Waals surface area contributed by atoms with Crippen molar-refractivity contribution in [3.63, 3.8) is 0 Å². The molecule has 6 heteroatoms. The van der Waals surface area contributed by atoms with Gasteiger partial charge in [-0.15, -0.1) is 0 Å². The van der Waals surface area contributed by atoms with E-state index in [1.807, 2.05) is 44.2 Å². The van der Waals surface area contributed by atoms with Crippen LogP contribution < -0.4 is 10.7 Å². The summed E-state index contributed by atoms with van der Waals surface area (Å²) in [6, 6.07) is 12.9. The second kappa shape index (κ2) is 8.40. The molecule has 2 N–H and O–H groups in total. The van der Waals surface area contributed by atoms with E-state index in [4.69, 9.17) is 0 Å². The van der Waals surface area contributed by atoms with Crippen molar-refractivity contribution in [3.8, 4) is 0 Å². The number of hydrogen-bond donors (Lipinski definition) is 2. The second-order valence-corrected chi connectivity index (χ2v) is 6.24. The van der Waals surface area contributed by atoms with Gasteiger partial charge >= 0.3 is 0 Å². The molecule has 0 spiro atoms. The smallest absolute Gasteiger partial charge is 0.259 e. The lowest BCUT2D eigenvalue weighted by Gasteiger charge is -2.06. The van der Waals surface area contributed by atoms with Gasteiger partial charge in [0.25, 0.3) is 11.8 Å². The molecule has 0 aromatic heterocycles. The topological polar surface area (TPSA) is 70.6 Å². The first-order chi connectivity index (χ1) is 11.5. The van der Waals surface area contributed by atoms with Gasteiger partial charge < -0.3 is 5.32 Å². The molecule has 2 aromatic carbocycles. The van der Waals surface area contributed by atoms with Crippen molar-refractivity contribution < 1.29 is 9.59 Å². The van der Waals surface area contributed by atoms with E-state index in [2.05, 4.69) is 31.8 Å². The van der Waals surface area contributed by atoms with Crippen molar-refractivity contribution in [2.24, 2.45) is 5.10 Å². The van der Waals surface area contributed by atoms with Crippen LogP contribution in [0.1, 0.15) is 27.0 Å². The summed E-state index contributed by atoms with van der Waals surface area (Å²) in [7, 11) is 0. The quantitative estimate of drug-likeness (QED) is 0.611. The predicted molar refractivity (Wildman–Crippen MR) is 98.1 cm³/mol. The third kappa shape index (κ3) is 5.31. The van der Waals surface area contributed by atoms with Crippen molar-refractivity contribution in [2.45, 2.75) is 13.8 Å². The van der Waals surface area contributed by atoms with Crippen LogP contribution in [-0.4, -0.2) is 24.6 Å². The first-order valence-corrected chi connectivity index (χ1v) is 8.18. The van der Waals surface area contributed by atoms with Crippen LogP contribution >= 0.6 is 15.9 Å². The van der Waals surface area contributed by atoms with Gasteiger partial charge in [-0.1, -0.05) is 34.1 Å². The van der Waals surface area contributed by atoms with Crippen LogP contribution in [0, 0.1) is 13.8 Å². The van der Waals surface area contributed by atoms with Crippen molar-refractivity contribution in [1.29, 1.82) is 0 Å². The molecule has 0 bridgehead atoms. The van der Waals surface area contributed by atoms with Gasteiger partial charge in [0.2, 0.25) is 0 Å². The Morgan fingerprint density at radius 3 is 2.46 bits per heavy atom. The van der Waals surface area contributed by atoms with Gasteiger partial charge in [-0.3, -0.25) is 9.59 Å². The summed E-state index contributed by atoms with van der Waals surface area (Å²) in [6.45, 7) is 3.78. The number of hydrazone groups is 1. The van der Waals surface area contributed by atoms with Gasteiger partial charge in [-0.2, -0.15) is 5.10 Å². The number of hydrogen-bond acceptors (Lipinski definition) is 3. The molecule has 0 unspecified atom stereocenters. The lowest BCUT2D eigenvalue weighted by atomic mass is 10.1. The summed E-state index contributed by atoms with van der Waals surface area (Å²) in [5, 5.41) is 6.43. The first kappa shape index (κ1) is 17.9. The molecular weight excluding hydrogens is 370 g/mol. The summed E-state index contributed by atoms with van der Waals surface area (Å²) in [6.07, 6.45) is 1.54. The molecule has 2 amide bonds. The fourth-order valence-corrected chi connectivity index (χ4v) is 2.18. The predicted octanol–water partition coefficient (Wildman–Crippen LogP) is 2.95. The van der Waals surface area contributed by atoms with Crippen molar-refractivity contribution in [1.82, 2.24) is 10.7 Å². The monoisotopic (exact) mass is 387 g/mol. The van der Waals surface area contributed by atoms with Crippen LogP contribution in [0.5, 0.6) is 0 Å².